The van der Waals surface area contributed by atoms with E-state index < -0.39 is 36.1 Å². The first-order chi connectivity index (χ1) is 8.07. The second-order valence-electron chi connectivity index (χ2n) is 3.52. The summed E-state index contributed by atoms with van der Waals surface area (Å²) < 4.78 is 22.5. The van der Waals surface area contributed by atoms with E-state index in [0.717, 1.165) is 6.07 Å². The molecule has 98 valence electrons. The zero-order chi connectivity index (χ0) is 14.2. The molecule has 1 aromatic carbocycles. The van der Waals surface area contributed by atoms with Crippen LogP contribution in [0.3, 0.4) is 0 Å². The zero-order valence-corrected chi connectivity index (χ0v) is 10.9. The van der Waals surface area contributed by atoms with Crippen molar-refractivity contribution < 1.29 is 23.2 Å². The molecule has 0 bridgehead atoms. The molecule has 0 saturated carbocycles. The van der Waals surface area contributed by atoms with Crippen molar-refractivity contribution in [3.05, 3.63) is 32.9 Å². The number of carboxylic acid groups (broad SMARTS) is 1. The van der Waals surface area contributed by atoms with Crippen molar-refractivity contribution in [3.8, 4) is 0 Å². The number of carboxylic acids is 1. The van der Waals surface area contributed by atoms with Gasteiger partial charge >= 0.3 is 5.97 Å². The van der Waals surface area contributed by atoms with Gasteiger partial charge in [-0.15, -0.1) is 0 Å². The lowest BCUT2D eigenvalue weighted by Gasteiger charge is -2.08. The number of aromatic carboxylic acids is 1. The van der Waals surface area contributed by atoms with E-state index in [1.807, 2.05) is 0 Å². The van der Waals surface area contributed by atoms with Crippen LogP contribution in [-0.2, 0) is 9.05 Å². The molecular formula is C9H8ClNO6S. The smallest absolute Gasteiger partial charge is 0.336 e. The van der Waals surface area contributed by atoms with E-state index in [-0.39, 0.29) is 11.1 Å². The molecule has 18 heavy (non-hydrogen) atoms. The Morgan fingerprint density at radius 2 is 1.89 bits per heavy atom. The molecule has 0 fully saturated rings. The van der Waals surface area contributed by atoms with E-state index in [1.165, 1.54) is 13.8 Å². The van der Waals surface area contributed by atoms with Crippen LogP contribution in [0.4, 0.5) is 5.69 Å². The molecule has 0 aliphatic rings. The molecule has 0 amide bonds. The standard InChI is InChI=1S/C9H8ClNO6S/c1-4-6(9(12)13)3-7(18(10,16)17)5(2)8(4)11(14)15/h3H,1-2H3,(H,12,13). The van der Waals surface area contributed by atoms with E-state index >= 15 is 0 Å². The Labute approximate surface area is 107 Å². The van der Waals surface area contributed by atoms with E-state index in [9.17, 15) is 23.3 Å². The molecule has 0 atom stereocenters. The lowest BCUT2D eigenvalue weighted by atomic mass is 10.0. The molecule has 0 aromatic heterocycles. The fraction of sp³-hybridized carbons (Fsp3) is 0.222. The Morgan fingerprint density at radius 1 is 1.39 bits per heavy atom. The van der Waals surface area contributed by atoms with Crippen molar-refractivity contribution in [1.82, 2.24) is 0 Å². The van der Waals surface area contributed by atoms with Crippen LogP contribution in [0.2, 0.25) is 0 Å². The van der Waals surface area contributed by atoms with Gasteiger partial charge in [0.25, 0.3) is 14.7 Å². The number of halogens is 1. The second kappa shape index (κ2) is 4.54. The summed E-state index contributed by atoms with van der Waals surface area (Å²) in [5, 5.41) is 19.8. The predicted molar refractivity (Wildman–Crippen MR) is 62.6 cm³/mol. The van der Waals surface area contributed by atoms with Crippen molar-refractivity contribution in [1.29, 1.82) is 0 Å². The summed E-state index contributed by atoms with van der Waals surface area (Å²) in [6.07, 6.45) is 0. The number of hydrogen-bond acceptors (Lipinski definition) is 5. The summed E-state index contributed by atoms with van der Waals surface area (Å²) in [5.74, 6) is -1.46. The Kier molecular flexibility index (Phi) is 3.63. The molecule has 0 aliphatic heterocycles. The lowest BCUT2D eigenvalue weighted by Crippen LogP contribution is -2.08. The van der Waals surface area contributed by atoms with Crippen LogP contribution in [0.25, 0.3) is 0 Å². The average Bonchev–Trinajstić information content (AvgIpc) is 2.13. The molecular weight excluding hydrogens is 286 g/mol. The van der Waals surface area contributed by atoms with Gasteiger partial charge < -0.3 is 5.11 Å². The number of nitrogens with zero attached hydrogens (tertiary/aromatic N) is 1. The summed E-state index contributed by atoms with van der Waals surface area (Å²) >= 11 is 0. The summed E-state index contributed by atoms with van der Waals surface area (Å²) in [6.45, 7) is 2.44. The highest BCUT2D eigenvalue weighted by Gasteiger charge is 2.28. The van der Waals surface area contributed by atoms with Crippen molar-refractivity contribution in [2.24, 2.45) is 0 Å². The minimum atomic E-state index is -4.26. The molecule has 1 aromatic rings. The van der Waals surface area contributed by atoms with Gasteiger partial charge in [-0.25, -0.2) is 13.2 Å². The number of nitro groups is 1. The minimum Gasteiger partial charge on any atom is -0.478 e. The summed E-state index contributed by atoms with van der Waals surface area (Å²) in [6, 6.07) is 0.822. The van der Waals surface area contributed by atoms with E-state index in [4.69, 9.17) is 15.8 Å². The summed E-state index contributed by atoms with van der Waals surface area (Å²) in [4.78, 5) is 20.4. The number of hydrogen-bond donors (Lipinski definition) is 1. The van der Waals surface area contributed by atoms with Gasteiger partial charge in [0, 0.05) is 21.8 Å². The fourth-order valence-corrected chi connectivity index (χ4v) is 2.82. The average molecular weight is 294 g/mol. The van der Waals surface area contributed by atoms with E-state index in [1.54, 1.807) is 0 Å². The van der Waals surface area contributed by atoms with Crippen molar-refractivity contribution in [2.75, 3.05) is 0 Å². The van der Waals surface area contributed by atoms with Crippen LogP contribution in [0, 0.1) is 24.0 Å². The molecule has 9 heteroatoms. The minimum absolute atomic E-state index is 0.117. The predicted octanol–water partition coefficient (Wildman–Crippen LogP) is 1.84. The quantitative estimate of drug-likeness (QED) is 0.516. The maximum atomic E-state index is 11.3. The first kappa shape index (κ1) is 14.4. The maximum Gasteiger partial charge on any atom is 0.336 e. The van der Waals surface area contributed by atoms with Crippen molar-refractivity contribution >= 4 is 31.4 Å². The third-order valence-corrected chi connectivity index (χ3v) is 3.88. The molecule has 1 N–H and O–H groups in total. The maximum absolute atomic E-state index is 11.3. The molecule has 0 saturated heterocycles. The highest BCUT2D eigenvalue weighted by atomic mass is 35.7. The van der Waals surface area contributed by atoms with Crippen LogP contribution in [-0.4, -0.2) is 24.4 Å². The Hall–Kier alpha value is -1.67. The second-order valence-corrected chi connectivity index (χ2v) is 6.06. The van der Waals surface area contributed by atoms with Gasteiger partial charge in [0.05, 0.1) is 15.4 Å². The molecule has 0 radical (unpaired) electrons. The summed E-state index contributed by atoms with van der Waals surface area (Å²) in [5.41, 5.74) is -1.33. The summed E-state index contributed by atoms with van der Waals surface area (Å²) in [7, 11) is 0.868. The highest BCUT2D eigenvalue weighted by Crippen LogP contribution is 2.33. The van der Waals surface area contributed by atoms with Gasteiger partial charge in [-0.05, 0) is 19.9 Å². The number of rotatable bonds is 3. The largest absolute Gasteiger partial charge is 0.478 e. The number of nitro benzene ring substituents is 1. The van der Waals surface area contributed by atoms with E-state index in [2.05, 4.69) is 0 Å². The molecule has 7 nitrogen and oxygen atoms in total. The van der Waals surface area contributed by atoms with Gasteiger partial charge in [-0.2, -0.15) is 0 Å². The van der Waals surface area contributed by atoms with Crippen LogP contribution >= 0.6 is 10.7 Å². The van der Waals surface area contributed by atoms with Crippen molar-refractivity contribution in [3.63, 3.8) is 0 Å². The van der Waals surface area contributed by atoms with Gasteiger partial charge in [-0.3, -0.25) is 10.1 Å². The molecule has 0 spiro atoms. The van der Waals surface area contributed by atoms with Gasteiger partial charge in [0.2, 0.25) is 0 Å². The van der Waals surface area contributed by atoms with Crippen molar-refractivity contribution in [2.45, 2.75) is 18.7 Å². The first-order valence-electron chi connectivity index (χ1n) is 4.54. The third-order valence-electron chi connectivity index (χ3n) is 2.44. The molecule has 0 aliphatic carbocycles. The van der Waals surface area contributed by atoms with Gasteiger partial charge in [0.15, 0.2) is 0 Å². The van der Waals surface area contributed by atoms with Crippen LogP contribution < -0.4 is 0 Å². The Bertz CT molecular complexity index is 652. The normalized spacial score (nSPS) is 11.3. The molecule has 1 rings (SSSR count). The zero-order valence-electron chi connectivity index (χ0n) is 9.30. The SMILES string of the molecule is Cc1c(C(=O)O)cc(S(=O)(=O)Cl)c(C)c1[N+](=O)[O-]. The van der Waals surface area contributed by atoms with Crippen LogP contribution in [0.15, 0.2) is 11.0 Å². The monoisotopic (exact) mass is 293 g/mol. The van der Waals surface area contributed by atoms with Crippen LogP contribution in [0.1, 0.15) is 21.5 Å². The Balaban J connectivity index is 3.90. The Morgan fingerprint density at radius 3 is 2.22 bits per heavy atom. The van der Waals surface area contributed by atoms with Gasteiger partial charge in [-0.1, -0.05) is 0 Å². The van der Waals surface area contributed by atoms with Gasteiger partial charge in [0.1, 0.15) is 0 Å². The lowest BCUT2D eigenvalue weighted by molar-refractivity contribution is -0.386. The molecule has 0 heterocycles. The third kappa shape index (κ3) is 2.44. The van der Waals surface area contributed by atoms with Crippen LogP contribution in [0.5, 0.6) is 0 Å². The highest BCUT2D eigenvalue weighted by molar-refractivity contribution is 8.13. The van der Waals surface area contributed by atoms with E-state index in [0.29, 0.717) is 0 Å². The topological polar surface area (TPSA) is 115 Å². The first-order valence-corrected chi connectivity index (χ1v) is 6.84. The fourth-order valence-electron chi connectivity index (χ4n) is 1.62. The number of carbonyl (C=O) groups is 1. The molecule has 0 unspecified atom stereocenters. The number of benzene rings is 1.